The van der Waals surface area contributed by atoms with Crippen molar-refractivity contribution in [2.75, 3.05) is 13.2 Å². The van der Waals surface area contributed by atoms with E-state index in [1.165, 1.54) is 0 Å². The second-order valence-corrected chi connectivity index (χ2v) is 4.47. The molecule has 0 bridgehead atoms. The first-order valence-corrected chi connectivity index (χ1v) is 6.71. The molecular formula is C14H22O9. The molecule has 0 saturated carbocycles. The topological polar surface area (TPSA) is 147 Å². The van der Waals surface area contributed by atoms with Gasteiger partial charge in [-0.25, -0.2) is 0 Å². The first kappa shape index (κ1) is 22.7. The van der Waals surface area contributed by atoms with E-state index in [2.05, 4.69) is 0 Å². The van der Waals surface area contributed by atoms with Crippen LogP contribution in [-0.2, 0) is 28.7 Å². The Morgan fingerprint density at radius 3 is 1.61 bits per heavy atom. The fourth-order valence-electron chi connectivity index (χ4n) is 0.924. The van der Waals surface area contributed by atoms with Crippen LogP contribution in [0.15, 0.2) is 11.8 Å². The molecule has 0 aliphatic carbocycles. The molecule has 9 heteroatoms. The van der Waals surface area contributed by atoms with Crippen LogP contribution in [0.1, 0.15) is 39.5 Å². The van der Waals surface area contributed by atoms with Crippen LogP contribution in [0.5, 0.6) is 0 Å². The van der Waals surface area contributed by atoms with Crippen molar-refractivity contribution in [2.45, 2.75) is 39.5 Å². The molecule has 0 aromatic heterocycles. The third-order valence-electron chi connectivity index (χ3n) is 1.88. The molecule has 0 saturated heterocycles. The molecule has 0 unspecified atom stereocenters. The summed E-state index contributed by atoms with van der Waals surface area (Å²) in [6, 6.07) is 0. The highest BCUT2D eigenvalue weighted by atomic mass is 16.6. The van der Waals surface area contributed by atoms with E-state index in [-0.39, 0.29) is 38.9 Å². The van der Waals surface area contributed by atoms with Crippen LogP contribution in [0, 0.1) is 0 Å². The lowest BCUT2D eigenvalue weighted by Crippen LogP contribution is -2.11. The van der Waals surface area contributed by atoms with Gasteiger partial charge in [-0.05, 0) is 19.4 Å². The lowest BCUT2D eigenvalue weighted by atomic mass is 10.3. The molecule has 0 spiro atoms. The van der Waals surface area contributed by atoms with Crippen LogP contribution in [0.25, 0.3) is 0 Å². The summed E-state index contributed by atoms with van der Waals surface area (Å²) in [7, 11) is 0. The Bertz CT molecular complexity index is 408. The summed E-state index contributed by atoms with van der Waals surface area (Å²) in [5, 5.41) is 24.1. The van der Waals surface area contributed by atoms with E-state index < -0.39 is 23.9 Å². The van der Waals surface area contributed by atoms with Crippen molar-refractivity contribution < 1.29 is 44.0 Å². The van der Waals surface area contributed by atoms with Gasteiger partial charge in [0, 0.05) is 0 Å². The van der Waals surface area contributed by atoms with Crippen molar-refractivity contribution in [3.8, 4) is 0 Å². The van der Waals surface area contributed by atoms with Crippen LogP contribution < -0.4 is 0 Å². The summed E-state index contributed by atoms with van der Waals surface area (Å²) in [5.74, 6) is -3.68. The molecule has 23 heavy (non-hydrogen) atoms. The molecule has 132 valence electrons. The fourth-order valence-corrected chi connectivity index (χ4v) is 0.924. The molecule has 0 heterocycles. The molecule has 0 aromatic rings. The normalized spacial score (nSPS) is 8.96. The number of carboxylic acids is 3. The molecule has 0 aromatic carbocycles. The second kappa shape index (κ2) is 14.4. The predicted molar refractivity (Wildman–Crippen MR) is 77.7 cm³/mol. The molecule has 0 aliphatic rings. The van der Waals surface area contributed by atoms with E-state index >= 15 is 0 Å². The lowest BCUT2D eigenvalue weighted by Gasteiger charge is -2.03. The lowest BCUT2D eigenvalue weighted by molar-refractivity contribution is -0.148. The van der Waals surface area contributed by atoms with Crippen molar-refractivity contribution >= 4 is 23.9 Å². The maximum absolute atomic E-state index is 10.9. The summed E-state index contributed by atoms with van der Waals surface area (Å²) in [6.45, 7) is 4.20. The number of ether oxygens (including phenoxy) is 2. The molecule has 0 atom stereocenters. The van der Waals surface area contributed by atoms with Crippen molar-refractivity contribution in [3.63, 3.8) is 0 Å². The third kappa shape index (κ3) is 24.8. The Hall–Kier alpha value is -2.58. The highest BCUT2D eigenvalue weighted by Gasteiger charge is 2.05. The summed E-state index contributed by atoms with van der Waals surface area (Å²) < 4.78 is 9.73. The van der Waals surface area contributed by atoms with E-state index in [4.69, 9.17) is 24.8 Å². The first-order valence-electron chi connectivity index (χ1n) is 6.71. The Labute approximate surface area is 133 Å². The first-order chi connectivity index (χ1) is 10.6. The number of esters is 1. The number of allylic oxidation sites excluding steroid dienone is 1. The zero-order valence-electron chi connectivity index (χ0n) is 13.1. The Morgan fingerprint density at radius 1 is 0.783 bits per heavy atom. The third-order valence-corrected chi connectivity index (χ3v) is 1.88. The number of hydrogen-bond acceptors (Lipinski definition) is 6. The average Bonchev–Trinajstić information content (AvgIpc) is 2.43. The van der Waals surface area contributed by atoms with Gasteiger partial charge in [-0.15, -0.1) is 0 Å². The van der Waals surface area contributed by atoms with Gasteiger partial charge in [0.1, 0.15) is 13.2 Å². The quantitative estimate of drug-likeness (QED) is 0.305. The van der Waals surface area contributed by atoms with Gasteiger partial charge in [-0.2, -0.15) is 0 Å². The SMILES string of the molecule is CC(C)=COCCOC(=O)CCC(=O)O.O=C(O)CCC(=O)O. The van der Waals surface area contributed by atoms with E-state index in [0.29, 0.717) is 0 Å². The van der Waals surface area contributed by atoms with Gasteiger partial charge >= 0.3 is 23.9 Å². The molecule has 3 N–H and O–H groups in total. The van der Waals surface area contributed by atoms with Crippen LogP contribution in [-0.4, -0.2) is 52.4 Å². The smallest absolute Gasteiger partial charge is 0.306 e. The zero-order valence-corrected chi connectivity index (χ0v) is 13.1. The van der Waals surface area contributed by atoms with Crippen LogP contribution in [0.2, 0.25) is 0 Å². The average molecular weight is 334 g/mol. The predicted octanol–water partition coefficient (Wildman–Crippen LogP) is 1.27. The van der Waals surface area contributed by atoms with Gasteiger partial charge in [0.15, 0.2) is 0 Å². The van der Waals surface area contributed by atoms with Crippen molar-refractivity contribution in [1.29, 1.82) is 0 Å². The van der Waals surface area contributed by atoms with E-state index in [9.17, 15) is 19.2 Å². The van der Waals surface area contributed by atoms with Crippen molar-refractivity contribution in [3.05, 3.63) is 11.8 Å². The molecule has 0 radical (unpaired) electrons. The largest absolute Gasteiger partial charge is 0.498 e. The number of rotatable bonds is 10. The zero-order chi connectivity index (χ0) is 18.3. The minimum absolute atomic E-state index is 0.0992. The minimum Gasteiger partial charge on any atom is -0.498 e. The molecule has 0 aliphatic heterocycles. The van der Waals surface area contributed by atoms with Crippen LogP contribution in [0.4, 0.5) is 0 Å². The molecule has 9 nitrogen and oxygen atoms in total. The van der Waals surface area contributed by atoms with Gasteiger partial charge < -0.3 is 24.8 Å². The maximum atomic E-state index is 10.9. The minimum atomic E-state index is -1.08. The van der Waals surface area contributed by atoms with Crippen molar-refractivity contribution in [1.82, 2.24) is 0 Å². The highest BCUT2D eigenvalue weighted by molar-refractivity contribution is 5.76. The molecule has 0 rings (SSSR count). The van der Waals surface area contributed by atoms with Gasteiger partial charge in [-0.1, -0.05) is 0 Å². The fraction of sp³-hybridized carbons (Fsp3) is 0.571. The van der Waals surface area contributed by atoms with E-state index in [1.807, 2.05) is 13.8 Å². The highest BCUT2D eigenvalue weighted by Crippen LogP contribution is 1.94. The van der Waals surface area contributed by atoms with E-state index in [1.54, 1.807) is 6.26 Å². The van der Waals surface area contributed by atoms with Gasteiger partial charge in [-0.3, -0.25) is 19.2 Å². The Kier molecular flexibility index (Phi) is 14.2. The number of aliphatic carboxylic acids is 3. The molecule has 0 amide bonds. The summed E-state index contributed by atoms with van der Waals surface area (Å²) in [5.41, 5.74) is 1.02. The Morgan fingerprint density at radius 2 is 1.22 bits per heavy atom. The summed E-state index contributed by atoms with van der Waals surface area (Å²) in [4.78, 5) is 40.3. The Balaban J connectivity index is 0. The summed E-state index contributed by atoms with van der Waals surface area (Å²) in [6.07, 6.45) is 0.682. The van der Waals surface area contributed by atoms with Crippen molar-refractivity contribution in [2.24, 2.45) is 0 Å². The number of carboxylic acid groups (broad SMARTS) is 3. The number of carbonyl (C=O) groups excluding carboxylic acids is 1. The number of carbonyl (C=O) groups is 4. The molecule has 0 fully saturated rings. The van der Waals surface area contributed by atoms with Gasteiger partial charge in [0.25, 0.3) is 0 Å². The second-order valence-electron chi connectivity index (χ2n) is 4.47. The maximum Gasteiger partial charge on any atom is 0.306 e. The number of hydrogen-bond donors (Lipinski definition) is 3. The van der Waals surface area contributed by atoms with Crippen LogP contribution >= 0.6 is 0 Å². The monoisotopic (exact) mass is 334 g/mol. The standard InChI is InChI=1S/C10H16O5.C4H6O4/c1-8(2)7-14-5-6-15-10(13)4-3-9(11)12;5-3(6)1-2-4(7)8/h7H,3-6H2,1-2H3,(H,11,12);1-2H2,(H,5,6)(H,7,8). The van der Waals surface area contributed by atoms with Gasteiger partial charge in [0.2, 0.25) is 0 Å². The molecular weight excluding hydrogens is 312 g/mol. The summed E-state index contributed by atoms with van der Waals surface area (Å²) >= 11 is 0. The van der Waals surface area contributed by atoms with Gasteiger partial charge in [0.05, 0.1) is 31.9 Å². The van der Waals surface area contributed by atoms with Crippen LogP contribution in [0.3, 0.4) is 0 Å². The van der Waals surface area contributed by atoms with E-state index in [0.717, 1.165) is 5.57 Å².